The zero-order valence-electron chi connectivity index (χ0n) is 19.3. The Morgan fingerprint density at radius 1 is 1.21 bits per heavy atom. The first kappa shape index (κ1) is 24.7. The molecular weight excluding hydrogens is 428 g/mol. The fourth-order valence-corrected chi connectivity index (χ4v) is 4.28. The smallest absolute Gasteiger partial charge is 0.318 e. The van der Waals surface area contributed by atoms with E-state index in [-0.39, 0.29) is 19.1 Å². The number of ketones is 1. The van der Waals surface area contributed by atoms with Gasteiger partial charge in [-0.15, -0.1) is 0 Å². The van der Waals surface area contributed by atoms with Gasteiger partial charge in [0.25, 0.3) is 0 Å². The molecule has 0 saturated carbocycles. The Morgan fingerprint density at radius 2 is 1.85 bits per heavy atom. The summed E-state index contributed by atoms with van der Waals surface area (Å²) in [5.74, 6) is -1.71. The van der Waals surface area contributed by atoms with E-state index in [0.717, 1.165) is 5.56 Å². The fraction of sp³-hybridized carbons (Fsp3) is 0.565. The minimum Gasteiger partial charge on any atom is -0.378 e. The number of urea groups is 1. The number of rotatable bonds is 7. The number of Topliss-reactive ketones (excluding diaryl/α,β-unsaturated/α-hetero) is 1. The van der Waals surface area contributed by atoms with E-state index in [0.29, 0.717) is 26.3 Å². The Morgan fingerprint density at radius 3 is 2.45 bits per heavy atom. The molecule has 10 heteroatoms. The first-order valence-electron chi connectivity index (χ1n) is 11.0. The maximum Gasteiger partial charge on any atom is 0.318 e. The lowest BCUT2D eigenvalue weighted by atomic mass is 9.78. The van der Waals surface area contributed by atoms with Crippen LogP contribution in [-0.4, -0.2) is 91.6 Å². The summed E-state index contributed by atoms with van der Waals surface area (Å²) in [5, 5.41) is 2.85. The minimum absolute atomic E-state index is 0.277. The summed E-state index contributed by atoms with van der Waals surface area (Å²) in [6.45, 7) is 5.37. The molecule has 3 rings (SSSR count). The molecule has 1 aromatic rings. The second kappa shape index (κ2) is 10.3. The van der Waals surface area contributed by atoms with E-state index < -0.39 is 41.2 Å². The molecule has 33 heavy (non-hydrogen) atoms. The maximum atomic E-state index is 13.6. The third kappa shape index (κ3) is 5.69. The van der Waals surface area contributed by atoms with Gasteiger partial charge in [0, 0.05) is 20.1 Å². The summed E-state index contributed by atoms with van der Waals surface area (Å²) in [6, 6.07) is 7.22. The average molecular weight is 461 g/mol. The molecule has 2 aliphatic heterocycles. The van der Waals surface area contributed by atoms with Crippen LogP contribution in [0.15, 0.2) is 30.3 Å². The van der Waals surface area contributed by atoms with E-state index in [1.165, 1.54) is 11.9 Å². The number of hydrogen-bond acceptors (Lipinski definition) is 6. The van der Waals surface area contributed by atoms with Crippen LogP contribution in [0.5, 0.6) is 0 Å². The fourth-order valence-electron chi connectivity index (χ4n) is 4.28. The van der Waals surface area contributed by atoms with Crippen LogP contribution in [0, 0.1) is 0 Å². The van der Waals surface area contributed by atoms with Crippen molar-refractivity contribution in [1.82, 2.24) is 15.1 Å². The van der Waals surface area contributed by atoms with Gasteiger partial charge in [0.15, 0.2) is 11.9 Å². The number of hydrogen-bond donors (Lipinski definition) is 2. The predicted molar refractivity (Wildman–Crippen MR) is 119 cm³/mol. The van der Waals surface area contributed by atoms with Crippen molar-refractivity contribution in [2.24, 2.45) is 5.73 Å². The highest BCUT2D eigenvalue weighted by molar-refractivity contribution is 5.99. The number of benzene rings is 1. The molecule has 2 fully saturated rings. The number of nitrogens with two attached hydrogens (primary N) is 1. The molecule has 10 nitrogen and oxygen atoms in total. The van der Waals surface area contributed by atoms with Crippen LogP contribution in [0.3, 0.4) is 0 Å². The first-order chi connectivity index (χ1) is 15.6. The van der Waals surface area contributed by atoms with E-state index in [4.69, 9.17) is 15.2 Å². The Labute approximate surface area is 193 Å². The van der Waals surface area contributed by atoms with E-state index in [9.17, 15) is 19.2 Å². The highest BCUT2D eigenvalue weighted by Gasteiger charge is 2.45. The topological polar surface area (TPSA) is 131 Å². The number of primary amides is 1. The van der Waals surface area contributed by atoms with Crippen LogP contribution in [0.1, 0.15) is 25.8 Å². The summed E-state index contributed by atoms with van der Waals surface area (Å²) in [5.41, 5.74) is 5.91. The zero-order chi connectivity index (χ0) is 24.2. The van der Waals surface area contributed by atoms with Gasteiger partial charge in [0.1, 0.15) is 18.7 Å². The van der Waals surface area contributed by atoms with Gasteiger partial charge < -0.3 is 30.3 Å². The number of carbonyl (C=O) groups excluding carboxylic acids is 4. The van der Waals surface area contributed by atoms with Crippen molar-refractivity contribution in [3.8, 4) is 0 Å². The largest absolute Gasteiger partial charge is 0.378 e. The standard InChI is InChI=1S/C23H32N4O6/c1-23(2,15-7-5-4-6-8-15)13-16(25-22(31)27-9-11-32-12-10-27)21(30)26(3)18-17(28)14-33-19(18)20(24)29/h4-8,16,18-19H,9-14H2,1-3H3,(H2,24,29)(H,25,31)/t16-,18?,19?/m0/s1. The lowest BCUT2D eigenvalue weighted by Gasteiger charge is -2.36. The van der Waals surface area contributed by atoms with Crippen molar-refractivity contribution in [3.63, 3.8) is 0 Å². The highest BCUT2D eigenvalue weighted by Crippen LogP contribution is 2.29. The van der Waals surface area contributed by atoms with Gasteiger partial charge in [-0.05, 0) is 17.4 Å². The highest BCUT2D eigenvalue weighted by atomic mass is 16.5. The summed E-state index contributed by atoms with van der Waals surface area (Å²) >= 11 is 0. The van der Waals surface area contributed by atoms with Crippen molar-refractivity contribution >= 4 is 23.6 Å². The molecule has 0 bridgehead atoms. The lowest BCUT2D eigenvalue weighted by Crippen LogP contribution is -2.59. The van der Waals surface area contributed by atoms with Crippen molar-refractivity contribution in [2.75, 3.05) is 40.0 Å². The summed E-state index contributed by atoms with van der Waals surface area (Å²) in [6.07, 6.45) is -0.941. The summed E-state index contributed by atoms with van der Waals surface area (Å²) < 4.78 is 10.5. The number of carbonyl (C=O) groups is 4. The van der Waals surface area contributed by atoms with E-state index in [1.54, 1.807) is 4.90 Å². The molecule has 4 amide bonds. The van der Waals surface area contributed by atoms with Crippen LogP contribution < -0.4 is 11.1 Å². The van der Waals surface area contributed by atoms with E-state index in [1.807, 2.05) is 44.2 Å². The molecule has 2 saturated heterocycles. The van der Waals surface area contributed by atoms with Gasteiger partial charge in [0.05, 0.1) is 13.2 Å². The number of morpholine rings is 1. The molecular formula is C23H32N4O6. The van der Waals surface area contributed by atoms with Gasteiger partial charge in [-0.25, -0.2) is 4.79 Å². The number of ether oxygens (including phenoxy) is 2. The molecule has 0 aromatic heterocycles. The van der Waals surface area contributed by atoms with Gasteiger partial charge in [-0.1, -0.05) is 44.2 Å². The van der Waals surface area contributed by atoms with Crippen molar-refractivity contribution < 1.29 is 28.7 Å². The molecule has 180 valence electrons. The van der Waals surface area contributed by atoms with Gasteiger partial charge in [-0.2, -0.15) is 0 Å². The molecule has 2 aliphatic rings. The number of likely N-dealkylation sites (N-methyl/N-ethyl adjacent to an activating group) is 1. The SMILES string of the molecule is CN(C(=O)[C@H](CC(C)(C)c1ccccc1)NC(=O)N1CCOCC1)C1C(=O)COC1C(N)=O. The third-order valence-electron chi connectivity index (χ3n) is 6.23. The lowest BCUT2D eigenvalue weighted by molar-refractivity contribution is -0.141. The molecule has 1 aromatic carbocycles. The quantitative estimate of drug-likeness (QED) is 0.591. The maximum absolute atomic E-state index is 13.6. The van der Waals surface area contributed by atoms with Crippen molar-refractivity contribution in [1.29, 1.82) is 0 Å². The van der Waals surface area contributed by atoms with Crippen LogP contribution in [0.2, 0.25) is 0 Å². The van der Waals surface area contributed by atoms with Crippen LogP contribution >= 0.6 is 0 Å². The van der Waals surface area contributed by atoms with E-state index >= 15 is 0 Å². The Balaban J connectivity index is 1.84. The Kier molecular flexibility index (Phi) is 7.70. The third-order valence-corrected chi connectivity index (χ3v) is 6.23. The normalized spacial score (nSPS) is 22.0. The monoisotopic (exact) mass is 460 g/mol. The van der Waals surface area contributed by atoms with Crippen molar-refractivity contribution in [2.45, 2.75) is 43.9 Å². The minimum atomic E-state index is -1.22. The van der Waals surface area contributed by atoms with Gasteiger partial charge in [-0.3, -0.25) is 14.4 Å². The molecule has 2 unspecified atom stereocenters. The number of nitrogens with zero attached hydrogens (tertiary/aromatic N) is 2. The van der Waals surface area contributed by atoms with Gasteiger partial charge >= 0.3 is 6.03 Å². The number of amides is 4. The Bertz CT molecular complexity index is 884. The zero-order valence-corrected chi connectivity index (χ0v) is 19.3. The molecule has 3 atom stereocenters. The number of nitrogens with one attached hydrogen (secondary N) is 1. The van der Waals surface area contributed by atoms with Crippen LogP contribution in [0.25, 0.3) is 0 Å². The summed E-state index contributed by atoms with van der Waals surface area (Å²) in [7, 11) is 1.43. The first-order valence-corrected chi connectivity index (χ1v) is 11.0. The molecule has 0 spiro atoms. The average Bonchev–Trinajstić information content (AvgIpc) is 3.20. The van der Waals surface area contributed by atoms with Crippen LogP contribution in [-0.2, 0) is 29.3 Å². The van der Waals surface area contributed by atoms with Crippen LogP contribution in [0.4, 0.5) is 4.79 Å². The Hall–Kier alpha value is -2.98. The predicted octanol–water partition coefficient (Wildman–Crippen LogP) is 0.0449. The molecule has 3 N–H and O–H groups in total. The van der Waals surface area contributed by atoms with Crippen molar-refractivity contribution in [3.05, 3.63) is 35.9 Å². The van der Waals surface area contributed by atoms with Gasteiger partial charge in [0.2, 0.25) is 11.8 Å². The second-order valence-electron chi connectivity index (χ2n) is 9.05. The molecule has 0 radical (unpaired) electrons. The second-order valence-corrected chi connectivity index (χ2v) is 9.05. The van der Waals surface area contributed by atoms with E-state index in [2.05, 4.69) is 5.32 Å². The summed E-state index contributed by atoms with van der Waals surface area (Å²) in [4.78, 5) is 53.5. The molecule has 0 aliphatic carbocycles. The molecule has 2 heterocycles.